The topological polar surface area (TPSA) is 136 Å². The van der Waals surface area contributed by atoms with Crippen molar-refractivity contribution in [3.8, 4) is 17.2 Å². The Hall–Kier alpha value is -4.29. The Morgan fingerprint density at radius 2 is 1.92 bits per heavy atom. The minimum Gasteiger partial charge on any atom is -0.444 e. The van der Waals surface area contributed by atoms with Crippen LogP contribution in [0.15, 0.2) is 12.1 Å². The van der Waals surface area contributed by atoms with E-state index in [1.165, 1.54) is 6.07 Å². The van der Waals surface area contributed by atoms with Gasteiger partial charge in [-0.1, -0.05) is 17.7 Å². The van der Waals surface area contributed by atoms with E-state index in [4.69, 9.17) is 31.0 Å². The third kappa shape index (κ3) is 6.09. The highest BCUT2D eigenvalue weighted by molar-refractivity contribution is 7.23. The van der Waals surface area contributed by atoms with Crippen molar-refractivity contribution in [2.24, 2.45) is 0 Å². The van der Waals surface area contributed by atoms with Gasteiger partial charge in [0, 0.05) is 43.2 Å². The maximum atomic E-state index is 15.5. The summed E-state index contributed by atoms with van der Waals surface area (Å²) in [6, 6.07) is 5.03. The Bertz CT molecular complexity index is 2140. The number of likely N-dealkylation sites (tertiary alicyclic amines) is 1. The molecule has 0 saturated carbocycles. The number of rotatable bonds is 6. The van der Waals surface area contributed by atoms with Gasteiger partial charge in [0.15, 0.2) is 0 Å². The summed E-state index contributed by atoms with van der Waals surface area (Å²) in [4.78, 5) is 42.1. The molecule has 15 heteroatoms. The summed E-state index contributed by atoms with van der Waals surface area (Å²) in [6.45, 7) is 9.13. The summed E-state index contributed by atoms with van der Waals surface area (Å²) in [7, 11) is 5.91. The number of nitrogens with zero attached hydrogens (tertiary/aromatic N) is 6. The molecule has 0 aliphatic carbocycles. The Kier molecular flexibility index (Phi) is 8.98. The first-order valence-corrected chi connectivity index (χ1v) is 18.1. The first kappa shape index (κ1) is 35.1. The third-order valence-corrected chi connectivity index (χ3v) is 11.4. The summed E-state index contributed by atoms with van der Waals surface area (Å²) in [6.07, 6.45) is 0.782. The Morgan fingerprint density at radius 1 is 1.18 bits per heavy atom. The lowest BCUT2D eigenvalue weighted by Crippen LogP contribution is -2.40. The molecule has 268 valence electrons. The van der Waals surface area contributed by atoms with Crippen LogP contribution in [0, 0.1) is 17.1 Å². The average Bonchev–Trinajstić information content (AvgIpc) is 3.84. The number of thiophene rings is 1. The van der Waals surface area contributed by atoms with Crippen LogP contribution in [0.5, 0.6) is 0 Å². The quantitative estimate of drug-likeness (QED) is 0.220. The molecule has 12 nitrogen and oxygen atoms in total. The molecule has 2 aromatic carbocycles. The number of benzene rings is 2. The van der Waals surface area contributed by atoms with Gasteiger partial charge in [0.05, 0.1) is 39.4 Å². The van der Waals surface area contributed by atoms with E-state index >= 15 is 4.39 Å². The molecule has 0 unspecified atom stereocenters. The first-order valence-electron chi connectivity index (χ1n) is 16.9. The molecule has 7 rings (SSSR count). The second-order valence-electron chi connectivity index (χ2n) is 14.6. The van der Waals surface area contributed by atoms with Gasteiger partial charge in [-0.25, -0.2) is 14.2 Å². The molecular weight excluding hydrogens is 695 g/mol. The molecular formula is C36H40ClFN8O4S. The van der Waals surface area contributed by atoms with Crippen LogP contribution in [-0.4, -0.2) is 89.7 Å². The van der Waals surface area contributed by atoms with Crippen LogP contribution in [0.2, 0.25) is 5.02 Å². The fourth-order valence-electron chi connectivity index (χ4n) is 7.52. The van der Waals surface area contributed by atoms with E-state index in [1.807, 2.05) is 0 Å². The number of halogens is 2. The average molecular weight is 735 g/mol. The Morgan fingerprint density at radius 3 is 2.57 bits per heavy atom. The number of carbonyl (C=O) groups is 2. The van der Waals surface area contributed by atoms with Gasteiger partial charge < -0.3 is 29.5 Å². The molecule has 4 aromatic rings. The molecule has 2 aromatic heterocycles. The molecule has 2 amide bonds. The van der Waals surface area contributed by atoms with Gasteiger partial charge in [-0.05, 0) is 77.4 Å². The highest BCUT2D eigenvalue weighted by Gasteiger charge is 2.37. The molecule has 0 bridgehead atoms. The summed E-state index contributed by atoms with van der Waals surface area (Å²) in [5.74, 6) is 0.416. The van der Waals surface area contributed by atoms with Crippen LogP contribution < -0.4 is 15.5 Å². The Labute approximate surface area is 304 Å². The lowest BCUT2D eigenvalue weighted by atomic mass is 9.91. The van der Waals surface area contributed by atoms with Crippen molar-refractivity contribution in [1.29, 1.82) is 5.26 Å². The van der Waals surface area contributed by atoms with Gasteiger partial charge in [0.25, 0.3) is 0 Å². The van der Waals surface area contributed by atoms with Gasteiger partial charge in [0.2, 0.25) is 11.9 Å². The lowest BCUT2D eigenvalue weighted by molar-refractivity contribution is -0.127. The SMILES string of the molecule is C[C@H]1[C@@H](N(C)C)CCN1c1nc(N[C@@H]2CCN(C)C2=O)c2c3c(c(-c4ccc(F)c5sc(NC(=O)OC(C)(C)C)c(C#N)c45)c(Cl)c2n1)COC3. The first-order chi connectivity index (χ1) is 24.2. The van der Waals surface area contributed by atoms with E-state index in [0.717, 1.165) is 35.4 Å². The number of nitrogens with one attached hydrogen (secondary N) is 2. The monoisotopic (exact) mass is 734 g/mol. The van der Waals surface area contributed by atoms with Crippen LogP contribution in [0.25, 0.3) is 32.1 Å². The van der Waals surface area contributed by atoms with Crippen molar-refractivity contribution in [3.63, 3.8) is 0 Å². The normalized spacial score (nSPS) is 20.5. The Balaban J connectivity index is 1.46. The van der Waals surface area contributed by atoms with Gasteiger partial charge >= 0.3 is 6.09 Å². The number of amides is 2. The maximum Gasteiger partial charge on any atom is 0.412 e. The van der Waals surface area contributed by atoms with Crippen molar-refractivity contribution >= 4 is 72.7 Å². The highest BCUT2D eigenvalue weighted by atomic mass is 35.5. The largest absolute Gasteiger partial charge is 0.444 e. The molecule has 0 spiro atoms. The number of hydrogen-bond acceptors (Lipinski definition) is 11. The van der Waals surface area contributed by atoms with E-state index < -0.39 is 23.6 Å². The second kappa shape index (κ2) is 13.0. The fourth-order valence-corrected chi connectivity index (χ4v) is 8.94. The molecule has 2 N–H and O–H groups in total. The number of fused-ring (bicyclic) bond motifs is 4. The van der Waals surface area contributed by atoms with Gasteiger partial charge in [-0.3, -0.25) is 10.1 Å². The minimum absolute atomic E-state index is 0.0212. The van der Waals surface area contributed by atoms with Crippen molar-refractivity contribution in [2.45, 2.75) is 77.5 Å². The van der Waals surface area contributed by atoms with E-state index in [1.54, 1.807) is 38.8 Å². The lowest BCUT2D eigenvalue weighted by Gasteiger charge is -2.29. The standard InChI is InChI=1S/C36H40ClFN8O4S/c1-17-24(44(5)6)11-13-46(17)34-41-29-27(31(42-34)40-23-10-12-45(7)33(23)47)21-16-49-15-20(21)25(28(29)37)18-8-9-22(38)30-26(18)19(14-39)32(51-30)43-35(48)50-36(2,3)4/h8-9,17,23-24H,10-13,15-16H2,1-7H3,(H,43,48)(H,40,41,42)/t17-,23+,24-/m0/s1. The number of ether oxygens (including phenoxy) is 2. The van der Waals surface area contributed by atoms with Crippen molar-refractivity contribution in [2.75, 3.05) is 49.8 Å². The molecule has 51 heavy (non-hydrogen) atoms. The molecule has 2 fully saturated rings. The summed E-state index contributed by atoms with van der Waals surface area (Å²) in [5.41, 5.74) is 2.40. The minimum atomic E-state index is -0.779. The molecule has 3 aliphatic heterocycles. The van der Waals surface area contributed by atoms with Crippen molar-refractivity contribution < 1.29 is 23.5 Å². The van der Waals surface area contributed by atoms with Gasteiger partial charge in [-0.2, -0.15) is 10.2 Å². The third-order valence-electron chi connectivity index (χ3n) is 9.94. The van der Waals surface area contributed by atoms with Crippen LogP contribution in [-0.2, 0) is 27.5 Å². The summed E-state index contributed by atoms with van der Waals surface area (Å²) in [5, 5.41) is 18.0. The second-order valence-corrected chi connectivity index (χ2v) is 16.0. The maximum absolute atomic E-state index is 15.5. The zero-order valence-electron chi connectivity index (χ0n) is 29.6. The summed E-state index contributed by atoms with van der Waals surface area (Å²) < 4.78 is 27.2. The predicted molar refractivity (Wildman–Crippen MR) is 197 cm³/mol. The number of likely N-dealkylation sites (N-methyl/N-ethyl adjacent to an activating group) is 2. The number of aromatic nitrogens is 2. The smallest absolute Gasteiger partial charge is 0.412 e. The van der Waals surface area contributed by atoms with Crippen LogP contribution in [0.1, 0.15) is 57.2 Å². The van der Waals surface area contributed by atoms with E-state index in [9.17, 15) is 14.9 Å². The van der Waals surface area contributed by atoms with Crippen LogP contribution in [0.3, 0.4) is 0 Å². The molecule has 2 saturated heterocycles. The van der Waals surface area contributed by atoms with E-state index in [-0.39, 0.29) is 51.5 Å². The van der Waals surface area contributed by atoms with Crippen LogP contribution in [0.4, 0.5) is 26.0 Å². The predicted octanol–water partition coefficient (Wildman–Crippen LogP) is 6.72. The van der Waals surface area contributed by atoms with Gasteiger partial charge in [0.1, 0.15) is 34.3 Å². The van der Waals surface area contributed by atoms with E-state index in [2.05, 4.69) is 47.5 Å². The summed E-state index contributed by atoms with van der Waals surface area (Å²) >= 11 is 8.41. The van der Waals surface area contributed by atoms with E-state index in [0.29, 0.717) is 52.1 Å². The highest BCUT2D eigenvalue weighted by Crippen LogP contribution is 2.50. The molecule has 3 atom stereocenters. The van der Waals surface area contributed by atoms with Crippen LogP contribution >= 0.6 is 22.9 Å². The fraction of sp³-hybridized carbons (Fsp3) is 0.472. The van der Waals surface area contributed by atoms with Gasteiger partial charge in [-0.15, -0.1) is 11.3 Å². The number of carbonyl (C=O) groups excluding carboxylic acids is 2. The molecule has 5 heterocycles. The molecule has 0 radical (unpaired) electrons. The number of anilines is 3. The number of nitriles is 1. The number of hydrogen-bond donors (Lipinski definition) is 2. The van der Waals surface area contributed by atoms with Crippen molar-refractivity contribution in [3.05, 3.63) is 39.7 Å². The molecule has 3 aliphatic rings. The van der Waals surface area contributed by atoms with Crippen molar-refractivity contribution in [1.82, 2.24) is 19.8 Å². The zero-order valence-corrected chi connectivity index (χ0v) is 31.2. The zero-order chi connectivity index (χ0) is 36.5.